The van der Waals surface area contributed by atoms with Gasteiger partial charge in [-0.05, 0) is 60.8 Å². The third kappa shape index (κ3) is 3.45. The van der Waals surface area contributed by atoms with Crippen LogP contribution in [0.1, 0.15) is 36.9 Å². The quantitative estimate of drug-likeness (QED) is 0.694. The minimum absolute atomic E-state index is 0.0693. The smallest absolute Gasteiger partial charge is 0.227 e. The van der Waals surface area contributed by atoms with Crippen molar-refractivity contribution in [3.05, 3.63) is 46.6 Å². The van der Waals surface area contributed by atoms with E-state index in [1.165, 1.54) is 11.1 Å². The molecule has 1 unspecified atom stereocenters. The average Bonchev–Trinajstić information content (AvgIpc) is 3.44. The Labute approximate surface area is 195 Å². The molecule has 168 valence electrons. The number of aliphatic hydroxyl groups excluding tert-OH is 1. The summed E-state index contributed by atoms with van der Waals surface area (Å²) in [5.74, 6) is 3.04. The van der Waals surface area contributed by atoms with Crippen LogP contribution in [-0.2, 0) is 17.2 Å². The lowest BCUT2D eigenvalue weighted by Gasteiger charge is -2.41. The number of aromatic nitrogens is 2. The van der Waals surface area contributed by atoms with Crippen LogP contribution in [0, 0.1) is 11.8 Å². The molecule has 4 aliphatic rings. The summed E-state index contributed by atoms with van der Waals surface area (Å²) in [6, 6.07) is 8.12. The second-order valence-corrected chi connectivity index (χ2v) is 11.5. The summed E-state index contributed by atoms with van der Waals surface area (Å²) in [7, 11) is -1.07. The van der Waals surface area contributed by atoms with Gasteiger partial charge in [-0.15, -0.1) is 0 Å². The zero-order valence-electron chi connectivity index (χ0n) is 17.9. The second-order valence-electron chi connectivity index (χ2n) is 9.60. The van der Waals surface area contributed by atoms with Gasteiger partial charge in [0, 0.05) is 30.3 Å². The highest BCUT2D eigenvalue weighted by molar-refractivity contribution is 7.85. The van der Waals surface area contributed by atoms with Gasteiger partial charge in [-0.1, -0.05) is 29.8 Å². The number of nitrogens with zero attached hydrogens (tertiary/aromatic N) is 3. The minimum atomic E-state index is -1.07. The fraction of sp³-hybridized carbons (Fsp3) is 0.500. The first kappa shape index (κ1) is 20.6. The van der Waals surface area contributed by atoms with Gasteiger partial charge in [0.25, 0.3) is 0 Å². The van der Waals surface area contributed by atoms with E-state index in [1.807, 2.05) is 12.1 Å². The van der Waals surface area contributed by atoms with Crippen LogP contribution in [0.4, 0.5) is 11.8 Å². The maximum absolute atomic E-state index is 12.6. The minimum Gasteiger partial charge on any atom is -0.394 e. The highest BCUT2D eigenvalue weighted by Gasteiger charge is 2.41. The van der Waals surface area contributed by atoms with Crippen LogP contribution in [0.25, 0.3) is 5.57 Å². The Morgan fingerprint density at radius 1 is 1.22 bits per heavy atom. The van der Waals surface area contributed by atoms with Gasteiger partial charge in [-0.25, -0.2) is 4.98 Å². The molecule has 3 heterocycles. The molecule has 1 saturated carbocycles. The lowest BCUT2D eigenvalue weighted by atomic mass is 9.77. The standard InChI is InChI=1S/C24H27ClN4O2S/c25-19-4-2-15(3-5-19)16-10-17-12-29(13-18(17)11-16)23-26-20-6-9-32(31)21(20)22(27-23)28-24(14-30)7-1-8-24/h2-5,10,17-18,30H,1,6-9,11-14H2,(H,26,27,28)/t17-,18+,32?/m1/s1. The van der Waals surface area contributed by atoms with E-state index >= 15 is 0 Å². The number of hydrogen-bond acceptors (Lipinski definition) is 6. The molecular weight excluding hydrogens is 444 g/mol. The second kappa shape index (κ2) is 7.82. The topological polar surface area (TPSA) is 78.4 Å². The van der Waals surface area contributed by atoms with Crippen molar-refractivity contribution < 1.29 is 9.32 Å². The van der Waals surface area contributed by atoms with Gasteiger partial charge >= 0.3 is 0 Å². The maximum Gasteiger partial charge on any atom is 0.227 e. The molecule has 6 rings (SSSR count). The van der Waals surface area contributed by atoms with Gasteiger partial charge in [-0.3, -0.25) is 4.21 Å². The normalized spacial score (nSPS) is 27.6. The van der Waals surface area contributed by atoms with Crippen molar-refractivity contribution in [3.63, 3.8) is 0 Å². The number of allylic oxidation sites excluding steroid dienone is 1. The van der Waals surface area contributed by atoms with Crippen LogP contribution in [0.3, 0.4) is 0 Å². The van der Waals surface area contributed by atoms with Gasteiger partial charge in [0.1, 0.15) is 10.7 Å². The molecule has 0 bridgehead atoms. The lowest BCUT2D eigenvalue weighted by Crippen LogP contribution is -2.48. The molecule has 8 heteroatoms. The SMILES string of the molecule is O=S1CCc2nc(N3C[C@@H]4CC(c5ccc(Cl)cc5)=C[C@@H]4C3)nc(NC3(CO)CCC3)c21. The number of nitrogens with one attached hydrogen (secondary N) is 1. The van der Waals surface area contributed by atoms with Crippen molar-refractivity contribution in [3.8, 4) is 0 Å². The van der Waals surface area contributed by atoms with E-state index in [1.54, 1.807) is 0 Å². The predicted molar refractivity (Wildman–Crippen MR) is 128 cm³/mol. The van der Waals surface area contributed by atoms with Crippen LogP contribution in [0.5, 0.6) is 0 Å². The third-order valence-corrected chi connectivity index (χ3v) is 9.27. The van der Waals surface area contributed by atoms with Crippen LogP contribution < -0.4 is 10.2 Å². The van der Waals surface area contributed by atoms with E-state index in [2.05, 4.69) is 28.4 Å². The molecule has 0 radical (unpaired) electrons. The largest absolute Gasteiger partial charge is 0.394 e. The van der Waals surface area contributed by atoms with Crippen LogP contribution in [0.2, 0.25) is 5.02 Å². The van der Waals surface area contributed by atoms with Gasteiger partial charge in [-0.2, -0.15) is 4.98 Å². The molecule has 2 fully saturated rings. The molecule has 6 nitrogen and oxygen atoms in total. The predicted octanol–water partition coefficient (Wildman–Crippen LogP) is 3.66. The lowest BCUT2D eigenvalue weighted by molar-refractivity contribution is 0.143. The molecule has 2 aliphatic carbocycles. The van der Waals surface area contributed by atoms with E-state index in [4.69, 9.17) is 21.6 Å². The summed E-state index contributed by atoms with van der Waals surface area (Å²) in [5, 5.41) is 14.2. The Morgan fingerprint density at radius 3 is 2.72 bits per heavy atom. The van der Waals surface area contributed by atoms with Crippen LogP contribution in [0.15, 0.2) is 35.2 Å². The number of aryl methyl sites for hydroxylation is 1. The van der Waals surface area contributed by atoms with Crippen LogP contribution in [-0.4, -0.2) is 50.3 Å². The number of benzene rings is 1. The summed E-state index contributed by atoms with van der Waals surface area (Å²) in [6.07, 6.45) is 7.10. The molecule has 2 N–H and O–H groups in total. The zero-order valence-corrected chi connectivity index (χ0v) is 19.5. The number of halogens is 1. The monoisotopic (exact) mass is 470 g/mol. The number of anilines is 2. The first-order valence-electron chi connectivity index (χ1n) is 11.4. The Morgan fingerprint density at radius 2 is 2.03 bits per heavy atom. The Bertz CT molecular complexity index is 1110. The van der Waals surface area contributed by atoms with Crippen molar-refractivity contribution >= 4 is 39.7 Å². The van der Waals surface area contributed by atoms with Gasteiger partial charge < -0.3 is 15.3 Å². The van der Waals surface area contributed by atoms with E-state index in [0.717, 1.165) is 66.8 Å². The van der Waals surface area contributed by atoms with Crippen molar-refractivity contribution in [2.45, 2.75) is 42.5 Å². The van der Waals surface area contributed by atoms with Crippen molar-refractivity contribution in [2.75, 3.05) is 35.7 Å². The van der Waals surface area contributed by atoms with E-state index in [9.17, 15) is 9.32 Å². The first-order chi connectivity index (χ1) is 15.5. The van der Waals surface area contributed by atoms with Gasteiger partial charge in [0.15, 0.2) is 0 Å². The molecule has 3 atom stereocenters. The number of hydrogen-bond donors (Lipinski definition) is 2. The van der Waals surface area contributed by atoms with Gasteiger partial charge in [0.05, 0.1) is 28.6 Å². The maximum atomic E-state index is 12.6. The number of aliphatic hydroxyl groups is 1. The van der Waals surface area contributed by atoms with E-state index < -0.39 is 10.8 Å². The summed E-state index contributed by atoms with van der Waals surface area (Å²) >= 11 is 6.05. The van der Waals surface area contributed by atoms with E-state index in [-0.39, 0.29) is 12.1 Å². The summed E-state index contributed by atoms with van der Waals surface area (Å²) in [6.45, 7) is 1.89. The summed E-state index contributed by atoms with van der Waals surface area (Å²) in [5.41, 5.74) is 3.23. The fourth-order valence-corrected chi connectivity index (χ4v) is 6.97. The molecule has 32 heavy (non-hydrogen) atoms. The number of rotatable bonds is 5. The molecular formula is C24H27ClN4O2S. The van der Waals surface area contributed by atoms with E-state index in [0.29, 0.717) is 23.4 Å². The fourth-order valence-electron chi connectivity index (χ4n) is 5.54. The molecule has 1 aromatic heterocycles. The third-order valence-electron chi connectivity index (χ3n) is 7.56. The molecule has 2 aliphatic heterocycles. The highest BCUT2D eigenvalue weighted by Crippen LogP contribution is 2.43. The Balaban J connectivity index is 1.26. The average molecular weight is 471 g/mol. The molecule has 1 saturated heterocycles. The summed E-state index contributed by atoms with van der Waals surface area (Å²) in [4.78, 5) is 12.7. The van der Waals surface area contributed by atoms with Crippen molar-refractivity contribution in [1.82, 2.24) is 9.97 Å². The van der Waals surface area contributed by atoms with Crippen LogP contribution >= 0.6 is 11.6 Å². The molecule has 2 aromatic rings. The molecule has 0 spiro atoms. The first-order valence-corrected chi connectivity index (χ1v) is 13.1. The molecule has 1 aromatic carbocycles. The molecule has 0 amide bonds. The van der Waals surface area contributed by atoms with Crippen molar-refractivity contribution in [2.24, 2.45) is 11.8 Å². The number of fused-ring (bicyclic) bond motifs is 2. The van der Waals surface area contributed by atoms with Gasteiger partial charge in [0.2, 0.25) is 5.95 Å². The van der Waals surface area contributed by atoms with Crippen molar-refractivity contribution in [1.29, 1.82) is 0 Å². The zero-order chi connectivity index (χ0) is 21.9. The summed E-state index contributed by atoms with van der Waals surface area (Å²) < 4.78 is 12.6. The highest BCUT2D eigenvalue weighted by atomic mass is 35.5. The Kier molecular flexibility index (Phi) is 5.04. The Hall–Kier alpha value is -1.96.